The second kappa shape index (κ2) is 48.7. The number of alkyl halides is 1. The molecule has 0 aliphatic carbocycles. The van der Waals surface area contributed by atoms with Crippen LogP contribution in [0.2, 0.25) is 0 Å². The lowest BCUT2D eigenvalue weighted by Crippen LogP contribution is -1.85. The van der Waals surface area contributed by atoms with Crippen molar-refractivity contribution in [3.8, 4) is 0 Å². The van der Waals surface area contributed by atoms with E-state index in [-0.39, 0.29) is 0 Å². The molecular formula is C48H97I. The zero-order valence-corrected chi connectivity index (χ0v) is 36.8. The molecular weight excluding hydrogens is 703 g/mol. The normalized spacial score (nSPS) is 11.6. The Bertz CT molecular complexity index is 483. The molecule has 0 rings (SSSR count). The first-order valence-electron chi connectivity index (χ1n) is 24.0. The Morgan fingerprint density at radius 2 is 0.265 bits per heavy atom. The lowest BCUT2D eigenvalue weighted by molar-refractivity contribution is 0.508. The van der Waals surface area contributed by atoms with Crippen molar-refractivity contribution in [2.75, 3.05) is 4.43 Å². The maximum Gasteiger partial charge on any atom is -0.000473 e. The van der Waals surface area contributed by atoms with E-state index >= 15 is 0 Å². The third-order valence-corrected chi connectivity index (χ3v) is 12.2. The molecule has 0 spiro atoms. The SMILES string of the molecule is CCCCCCCCCCCCCCCCCCCCCCCCCCCCCCCCCCCCCCCCCCCCCCCCI. The number of hydrogen-bond donors (Lipinski definition) is 0. The third kappa shape index (κ3) is 48.7. The fourth-order valence-electron chi connectivity index (χ4n) is 7.95. The van der Waals surface area contributed by atoms with Gasteiger partial charge in [-0.1, -0.05) is 318 Å². The Morgan fingerprint density at radius 1 is 0.163 bits per heavy atom. The van der Waals surface area contributed by atoms with E-state index in [4.69, 9.17) is 0 Å². The second-order valence-corrected chi connectivity index (χ2v) is 17.7. The molecule has 0 unspecified atom stereocenters. The first kappa shape index (κ1) is 49.7. The van der Waals surface area contributed by atoms with Gasteiger partial charge in [-0.15, -0.1) is 0 Å². The fraction of sp³-hybridized carbons (Fsp3) is 1.00. The maximum atomic E-state index is 2.51. The molecule has 0 N–H and O–H groups in total. The minimum absolute atomic E-state index is 1.34. The molecule has 0 fully saturated rings. The van der Waals surface area contributed by atoms with Crippen LogP contribution in [0.3, 0.4) is 0 Å². The zero-order chi connectivity index (χ0) is 35.2. The van der Waals surface area contributed by atoms with E-state index in [0.29, 0.717) is 0 Å². The van der Waals surface area contributed by atoms with Gasteiger partial charge in [0.25, 0.3) is 0 Å². The largest absolute Gasteiger partial charge is 0.0864 e. The molecule has 0 aliphatic heterocycles. The lowest BCUT2D eigenvalue weighted by atomic mass is 10.0. The highest BCUT2D eigenvalue weighted by Crippen LogP contribution is 2.18. The minimum Gasteiger partial charge on any atom is -0.0864 e. The summed E-state index contributed by atoms with van der Waals surface area (Å²) in [4.78, 5) is 0. The summed E-state index contributed by atoms with van der Waals surface area (Å²) in [7, 11) is 0. The van der Waals surface area contributed by atoms with Gasteiger partial charge >= 0.3 is 0 Å². The van der Waals surface area contributed by atoms with Gasteiger partial charge in [-0.2, -0.15) is 0 Å². The first-order chi connectivity index (χ1) is 24.4. The van der Waals surface area contributed by atoms with E-state index in [0.717, 1.165) is 0 Å². The van der Waals surface area contributed by atoms with E-state index < -0.39 is 0 Å². The van der Waals surface area contributed by atoms with Crippen LogP contribution in [0.15, 0.2) is 0 Å². The van der Waals surface area contributed by atoms with Crippen LogP contribution in [0.25, 0.3) is 0 Å². The number of unbranched alkanes of at least 4 members (excludes halogenated alkanes) is 45. The smallest absolute Gasteiger partial charge is 0.000473 e. The molecule has 1 heteroatoms. The topological polar surface area (TPSA) is 0 Å². The molecule has 0 amide bonds. The van der Waals surface area contributed by atoms with Crippen molar-refractivity contribution in [1.29, 1.82) is 0 Å². The van der Waals surface area contributed by atoms with Gasteiger partial charge < -0.3 is 0 Å². The molecule has 0 saturated carbocycles. The summed E-state index contributed by atoms with van der Waals surface area (Å²) < 4.78 is 1.34. The number of rotatable bonds is 46. The summed E-state index contributed by atoms with van der Waals surface area (Å²) in [5.74, 6) is 0. The molecule has 0 saturated heterocycles. The highest BCUT2D eigenvalue weighted by molar-refractivity contribution is 14.1. The number of halogens is 1. The summed E-state index contributed by atoms with van der Waals surface area (Å²) in [5, 5.41) is 0. The van der Waals surface area contributed by atoms with Crippen LogP contribution < -0.4 is 0 Å². The monoisotopic (exact) mass is 801 g/mol. The Labute approximate surface area is 327 Å². The zero-order valence-electron chi connectivity index (χ0n) is 34.6. The summed E-state index contributed by atoms with van der Waals surface area (Å²) in [6.07, 6.45) is 68.5. The second-order valence-electron chi connectivity index (χ2n) is 16.6. The minimum atomic E-state index is 1.34. The Hall–Kier alpha value is 0.730. The molecule has 49 heavy (non-hydrogen) atoms. The Balaban J connectivity index is 3.04. The van der Waals surface area contributed by atoms with Crippen LogP contribution in [-0.4, -0.2) is 4.43 Å². The molecule has 0 heterocycles. The van der Waals surface area contributed by atoms with Crippen LogP contribution in [0.4, 0.5) is 0 Å². The molecule has 0 radical (unpaired) electrons. The average Bonchev–Trinajstić information content (AvgIpc) is 3.11. The highest BCUT2D eigenvalue weighted by Gasteiger charge is 1.98. The fourth-order valence-corrected chi connectivity index (χ4v) is 8.49. The van der Waals surface area contributed by atoms with Crippen molar-refractivity contribution >= 4 is 22.6 Å². The average molecular weight is 801 g/mol. The summed E-state index contributed by atoms with van der Waals surface area (Å²) >= 11 is 2.51. The number of hydrogen-bond acceptors (Lipinski definition) is 0. The molecule has 0 atom stereocenters. The lowest BCUT2D eigenvalue weighted by Gasteiger charge is -2.05. The molecule has 296 valence electrons. The van der Waals surface area contributed by atoms with Gasteiger partial charge in [0.1, 0.15) is 0 Å². The molecule has 0 aliphatic rings. The van der Waals surface area contributed by atoms with Crippen LogP contribution in [-0.2, 0) is 0 Å². The summed E-state index contributed by atoms with van der Waals surface area (Å²) in [6.45, 7) is 2.31. The van der Waals surface area contributed by atoms with Crippen molar-refractivity contribution in [3.63, 3.8) is 0 Å². The van der Waals surface area contributed by atoms with Crippen molar-refractivity contribution < 1.29 is 0 Å². The summed E-state index contributed by atoms with van der Waals surface area (Å²) in [6, 6.07) is 0. The van der Waals surface area contributed by atoms with Gasteiger partial charge in [-0.05, 0) is 10.8 Å². The Kier molecular flexibility index (Phi) is 49.5. The summed E-state index contributed by atoms with van der Waals surface area (Å²) in [5.41, 5.74) is 0. The highest BCUT2D eigenvalue weighted by atomic mass is 127. The van der Waals surface area contributed by atoms with Crippen LogP contribution in [0.5, 0.6) is 0 Å². The predicted octanol–water partition coefficient (Wildman–Crippen LogP) is 19.4. The van der Waals surface area contributed by atoms with E-state index in [1.807, 2.05) is 0 Å². The quantitative estimate of drug-likeness (QED) is 0.0327. The molecule has 0 aromatic carbocycles. The van der Waals surface area contributed by atoms with Crippen LogP contribution in [0, 0.1) is 0 Å². The van der Waals surface area contributed by atoms with Gasteiger partial charge in [0.05, 0.1) is 0 Å². The maximum absolute atomic E-state index is 2.51. The standard InChI is InChI=1S/C48H97I/c1-2-3-4-5-6-7-8-9-10-11-12-13-14-15-16-17-18-19-20-21-22-23-24-25-26-27-28-29-30-31-32-33-34-35-36-37-38-39-40-41-42-43-44-45-46-47-48-49/h2-48H2,1H3. The van der Waals surface area contributed by atoms with E-state index in [2.05, 4.69) is 29.5 Å². The van der Waals surface area contributed by atoms with Gasteiger partial charge in [0.2, 0.25) is 0 Å². The van der Waals surface area contributed by atoms with Crippen molar-refractivity contribution in [2.45, 2.75) is 302 Å². The van der Waals surface area contributed by atoms with Crippen LogP contribution in [0.1, 0.15) is 302 Å². The molecule has 0 aromatic rings. The third-order valence-electron chi connectivity index (χ3n) is 11.5. The van der Waals surface area contributed by atoms with Crippen molar-refractivity contribution in [1.82, 2.24) is 0 Å². The van der Waals surface area contributed by atoms with Crippen molar-refractivity contribution in [3.05, 3.63) is 0 Å². The van der Waals surface area contributed by atoms with Crippen LogP contribution >= 0.6 is 22.6 Å². The van der Waals surface area contributed by atoms with E-state index in [9.17, 15) is 0 Å². The van der Waals surface area contributed by atoms with E-state index in [1.165, 1.54) is 300 Å². The molecule has 0 nitrogen and oxygen atoms in total. The van der Waals surface area contributed by atoms with Gasteiger partial charge in [0, 0.05) is 0 Å². The first-order valence-corrected chi connectivity index (χ1v) is 25.5. The van der Waals surface area contributed by atoms with Crippen molar-refractivity contribution in [2.24, 2.45) is 0 Å². The molecule has 0 bridgehead atoms. The predicted molar refractivity (Wildman–Crippen MR) is 237 cm³/mol. The molecule has 0 aromatic heterocycles. The van der Waals surface area contributed by atoms with E-state index in [1.54, 1.807) is 0 Å². The Morgan fingerprint density at radius 3 is 0.367 bits per heavy atom. The van der Waals surface area contributed by atoms with Gasteiger partial charge in [-0.3, -0.25) is 0 Å². The van der Waals surface area contributed by atoms with Gasteiger partial charge in [-0.25, -0.2) is 0 Å². The van der Waals surface area contributed by atoms with Gasteiger partial charge in [0.15, 0.2) is 0 Å².